The molecule has 0 heterocycles. The van der Waals surface area contributed by atoms with Gasteiger partial charge in [-0.15, -0.1) is 0 Å². The molecule has 1 aliphatic rings. The standard InChI is InChI=1S/C15H28BO/c1-12-7-9-13(10-8-12)11-14(2,3)15(4,5)17-16-6/h9,12H,7-8,10-11H2,1-6H3. The van der Waals surface area contributed by atoms with Crippen molar-refractivity contribution in [2.45, 2.75) is 72.7 Å². The van der Waals surface area contributed by atoms with Crippen LogP contribution in [0.15, 0.2) is 11.6 Å². The Labute approximate surface area is 108 Å². The van der Waals surface area contributed by atoms with E-state index in [-0.39, 0.29) is 11.0 Å². The van der Waals surface area contributed by atoms with Gasteiger partial charge in [0.05, 0.1) is 5.60 Å². The van der Waals surface area contributed by atoms with Crippen LogP contribution >= 0.6 is 0 Å². The quantitative estimate of drug-likeness (QED) is 0.499. The van der Waals surface area contributed by atoms with Crippen molar-refractivity contribution >= 4 is 7.48 Å². The zero-order valence-corrected chi connectivity index (χ0v) is 12.5. The van der Waals surface area contributed by atoms with Gasteiger partial charge in [-0.2, -0.15) is 0 Å². The Morgan fingerprint density at radius 2 is 2.00 bits per heavy atom. The van der Waals surface area contributed by atoms with E-state index in [0.29, 0.717) is 0 Å². The molecule has 0 spiro atoms. The van der Waals surface area contributed by atoms with Crippen molar-refractivity contribution in [3.05, 3.63) is 11.6 Å². The lowest BCUT2D eigenvalue weighted by atomic mass is 9.70. The second-order valence-electron chi connectivity index (χ2n) is 6.67. The molecule has 0 aromatic carbocycles. The molecule has 1 radical (unpaired) electrons. The second kappa shape index (κ2) is 5.60. The number of rotatable bonds is 5. The third-order valence-electron chi connectivity index (χ3n) is 4.48. The van der Waals surface area contributed by atoms with E-state index in [1.807, 2.05) is 14.3 Å². The van der Waals surface area contributed by atoms with Gasteiger partial charge in [0.2, 0.25) is 0 Å². The summed E-state index contributed by atoms with van der Waals surface area (Å²) >= 11 is 0. The van der Waals surface area contributed by atoms with Crippen LogP contribution in [0.5, 0.6) is 0 Å². The monoisotopic (exact) mass is 235 g/mol. The summed E-state index contributed by atoms with van der Waals surface area (Å²) in [7, 11) is 1.82. The summed E-state index contributed by atoms with van der Waals surface area (Å²) in [5.41, 5.74) is 1.69. The molecule has 0 saturated carbocycles. The maximum Gasteiger partial charge on any atom is 0.289 e. The summed E-state index contributed by atoms with van der Waals surface area (Å²) in [6.45, 7) is 13.3. The Kier molecular flexibility index (Phi) is 4.89. The number of allylic oxidation sites excluding steroid dienone is 2. The molecular formula is C15H28BO. The second-order valence-corrected chi connectivity index (χ2v) is 6.67. The van der Waals surface area contributed by atoms with Gasteiger partial charge in [-0.1, -0.05) is 39.2 Å². The van der Waals surface area contributed by atoms with Crippen molar-refractivity contribution in [3.63, 3.8) is 0 Å². The van der Waals surface area contributed by atoms with Gasteiger partial charge in [-0.25, -0.2) is 0 Å². The molecule has 0 N–H and O–H groups in total. The normalized spacial score (nSPS) is 22.2. The molecule has 1 aliphatic carbocycles. The third kappa shape index (κ3) is 3.87. The lowest BCUT2D eigenvalue weighted by Crippen LogP contribution is -2.42. The fraction of sp³-hybridized carbons (Fsp3) is 0.867. The van der Waals surface area contributed by atoms with Crippen LogP contribution in [0.4, 0.5) is 0 Å². The fourth-order valence-corrected chi connectivity index (χ4v) is 2.41. The van der Waals surface area contributed by atoms with Crippen molar-refractivity contribution in [2.24, 2.45) is 11.3 Å². The minimum atomic E-state index is -0.106. The molecule has 0 aromatic heterocycles. The number of hydrogen-bond acceptors (Lipinski definition) is 1. The topological polar surface area (TPSA) is 9.23 Å². The van der Waals surface area contributed by atoms with Gasteiger partial charge < -0.3 is 4.65 Å². The van der Waals surface area contributed by atoms with E-state index in [4.69, 9.17) is 4.65 Å². The van der Waals surface area contributed by atoms with E-state index in [1.165, 1.54) is 19.3 Å². The lowest BCUT2D eigenvalue weighted by molar-refractivity contribution is -0.00846. The Bertz CT molecular complexity index is 279. The summed E-state index contributed by atoms with van der Waals surface area (Å²) in [5.74, 6) is 0.870. The molecule has 0 bridgehead atoms. The minimum Gasteiger partial charge on any atom is -0.436 e. The van der Waals surface area contributed by atoms with E-state index in [1.54, 1.807) is 5.57 Å². The largest absolute Gasteiger partial charge is 0.436 e. The van der Waals surface area contributed by atoms with E-state index < -0.39 is 0 Å². The summed E-state index contributed by atoms with van der Waals surface area (Å²) in [6, 6.07) is 0. The highest BCUT2D eigenvalue weighted by Crippen LogP contribution is 2.41. The van der Waals surface area contributed by atoms with Crippen LogP contribution in [0.25, 0.3) is 0 Å². The molecule has 1 nitrogen and oxygen atoms in total. The van der Waals surface area contributed by atoms with Crippen LogP contribution in [0, 0.1) is 11.3 Å². The molecule has 0 aliphatic heterocycles. The van der Waals surface area contributed by atoms with Crippen LogP contribution < -0.4 is 0 Å². The molecule has 1 rings (SSSR count). The van der Waals surface area contributed by atoms with Gasteiger partial charge in [0.1, 0.15) is 0 Å². The Morgan fingerprint density at radius 1 is 1.35 bits per heavy atom. The van der Waals surface area contributed by atoms with Gasteiger partial charge in [-0.3, -0.25) is 0 Å². The van der Waals surface area contributed by atoms with E-state index in [0.717, 1.165) is 12.3 Å². The van der Waals surface area contributed by atoms with Crippen LogP contribution in [-0.2, 0) is 4.65 Å². The van der Waals surface area contributed by atoms with E-state index >= 15 is 0 Å². The summed E-state index contributed by atoms with van der Waals surface area (Å²) in [5, 5.41) is 0. The van der Waals surface area contributed by atoms with Gasteiger partial charge in [0.25, 0.3) is 7.48 Å². The lowest BCUT2D eigenvalue weighted by Gasteiger charge is -2.43. The summed E-state index contributed by atoms with van der Waals surface area (Å²) in [4.78, 5) is 0. The Balaban J connectivity index is 2.66. The predicted molar refractivity (Wildman–Crippen MR) is 76.3 cm³/mol. The molecule has 17 heavy (non-hydrogen) atoms. The maximum atomic E-state index is 5.80. The number of hydrogen-bond donors (Lipinski definition) is 0. The van der Waals surface area contributed by atoms with Crippen molar-refractivity contribution in [1.82, 2.24) is 0 Å². The van der Waals surface area contributed by atoms with Crippen LogP contribution in [0.1, 0.15) is 60.3 Å². The SMILES string of the molecule is C[B]OC(C)(C)C(C)(C)CC1=CCC(C)CC1. The first-order chi connectivity index (χ1) is 7.78. The minimum absolute atomic E-state index is 0.106. The first kappa shape index (κ1) is 14.8. The highest BCUT2D eigenvalue weighted by atomic mass is 16.5. The van der Waals surface area contributed by atoms with Crippen molar-refractivity contribution < 1.29 is 4.65 Å². The zero-order chi connectivity index (χ0) is 13.1. The fourth-order valence-electron chi connectivity index (χ4n) is 2.41. The van der Waals surface area contributed by atoms with E-state index in [2.05, 4.69) is 40.7 Å². The molecule has 1 unspecified atom stereocenters. The average Bonchev–Trinajstić information content (AvgIpc) is 2.21. The van der Waals surface area contributed by atoms with Crippen LogP contribution in [0.3, 0.4) is 0 Å². The molecule has 0 aromatic rings. The van der Waals surface area contributed by atoms with Crippen LogP contribution in [-0.4, -0.2) is 13.1 Å². The average molecular weight is 235 g/mol. The molecule has 97 valence electrons. The molecule has 0 saturated heterocycles. The van der Waals surface area contributed by atoms with Gasteiger partial charge in [-0.05, 0) is 50.9 Å². The maximum absolute atomic E-state index is 5.80. The van der Waals surface area contributed by atoms with Crippen molar-refractivity contribution in [3.8, 4) is 0 Å². The molecular weight excluding hydrogens is 207 g/mol. The van der Waals surface area contributed by atoms with Gasteiger partial charge in [0.15, 0.2) is 0 Å². The van der Waals surface area contributed by atoms with E-state index in [9.17, 15) is 0 Å². The highest BCUT2D eigenvalue weighted by Gasteiger charge is 2.37. The van der Waals surface area contributed by atoms with Crippen molar-refractivity contribution in [1.29, 1.82) is 0 Å². The molecule has 2 heteroatoms. The highest BCUT2D eigenvalue weighted by molar-refractivity contribution is 6.25. The third-order valence-corrected chi connectivity index (χ3v) is 4.48. The van der Waals surface area contributed by atoms with Crippen LogP contribution in [0.2, 0.25) is 6.82 Å². The zero-order valence-electron chi connectivity index (χ0n) is 12.5. The van der Waals surface area contributed by atoms with Crippen molar-refractivity contribution in [2.75, 3.05) is 0 Å². The molecule has 0 amide bonds. The van der Waals surface area contributed by atoms with Gasteiger partial charge in [0, 0.05) is 0 Å². The molecule has 0 fully saturated rings. The predicted octanol–water partition coefficient (Wildman–Crippen LogP) is 4.61. The molecule has 1 atom stereocenters. The Morgan fingerprint density at radius 3 is 2.47 bits per heavy atom. The first-order valence-electron chi connectivity index (χ1n) is 6.92. The van der Waals surface area contributed by atoms with Gasteiger partial charge >= 0.3 is 0 Å². The first-order valence-corrected chi connectivity index (χ1v) is 6.92. The smallest absolute Gasteiger partial charge is 0.289 e. The summed E-state index contributed by atoms with van der Waals surface area (Å²) in [6.07, 6.45) is 7.49. The summed E-state index contributed by atoms with van der Waals surface area (Å²) < 4.78 is 5.80. The Hall–Kier alpha value is -0.235.